The molecule has 0 aliphatic heterocycles. The van der Waals surface area contributed by atoms with Crippen LogP contribution in [0.25, 0.3) is 11.5 Å². The van der Waals surface area contributed by atoms with Gasteiger partial charge in [0.25, 0.3) is 5.91 Å². The number of aliphatic hydroxyl groups excluding tert-OH is 1. The molecule has 1 atom stereocenters. The molecular formula is C17H20N2O4. The summed E-state index contributed by atoms with van der Waals surface area (Å²) >= 11 is 0. The number of ether oxygens (including phenoxy) is 1. The Kier molecular flexibility index (Phi) is 5.05. The number of hydrogen-bond donors (Lipinski definition) is 2. The zero-order chi connectivity index (χ0) is 16.1. The van der Waals surface area contributed by atoms with E-state index in [4.69, 9.17) is 9.15 Å². The van der Waals surface area contributed by atoms with Gasteiger partial charge >= 0.3 is 0 Å². The van der Waals surface area contributed by atoms with Crippen molar-refractivity contribution < 1.29 is 19.1 Å². The van der Waals surface area contributed by atoms with Crippen LogP contribution in [0.5, 0.6) is 0 Å². The first-order chi connectivity index (χ1) is 11.2. The summed E-state index contributed by atoms with van der Waals surface area (Å²) in [4.78, 5) is 16.2. The van der Waals surface area contributed by atoms with Crippen molar-refractivity contribution in [2.45, 2.75) is 18.9 Å². The molecule has 1 aromatic carbocycles. The van der Waals surface area contributed by atoms with Crippen molar-refractivity contribution in [1.29, 1.82) is 0 Å². The third-order valence-electron chi connectivity index (χ3n) is 3.62. The lowest BCUT2D eigenvalue weighted by Gasteiger charge is -2.11. The smallest absolute Gasteiger partial charge is 0.273 e. The number of aliphatic hydroxyl groups is 1. The highest BCUT2D eigenvalue weighted by atomic mass is 16.5. The van der Waals surface area contributed by atoms with Gasteiger partial charge in [0.15, 0.2) is 5.69 Å². The zero-order valence-corrected chi connectivity index (χ0v) is 12.8. The van der Waals surface area contributed by atoms with Gasteiger partial charge in [-0.2, -0.15) is 0 Å². The Bertz CT molecular complexity index is 637. The lowest BCUT2D eigenvalue weighted by atomic mass is 10.2. The zero-order valence-electron chi connectivity index (χ0n) is 12.8. The minimum atomic E-state index is -0.724. The lowest BCUT2D eigenvalue weighted by Crippen LogP contribution is -2.34. The highest BCUT2D eigenvalue weighted by Gasteiger charge is 2.21. The predicted molar refractivity (Wildman–Crippen MR) is 83.8 cm³/mol. The molecule has 1 fully saturated rings. The van der Waals surface area contributed by atoms with E-state index in [1.807, 2.05) is 30.3 Å². The molecule has 1 heterocycles. The molecule has 0 saturated heterocycles. The van der Waals surface area contributed by atoms with Crippen LogP contribution in [-0.4, -0.2) is 41.9 Å². The van der Waals surface area contributed by atoms with Crippen LogP contribution in [0.1, 0.15) is 23.3 Å². The van der Waals surface area contributed by atoms with E-state index >= 15 is 0 Å². The van der Waals surface area contributed by atoms with E-state index < -0.39 is 6.10 Å². The molecule has 122 valence electrons. The molecular weight excluding hydrogens is 296 g/mol. The first-order valence-electron chi connectivity index (χ1n) is 7.77. The minimum absolute atomic E-state index is 0.122. The third-order valence-corrected chi connectivity index (χ3v) is 3.62. The molecule has 3 rings (SSSR count). The van der Waals surface area contributed by atoms with Gasteiger partial charge < -0.3 is 19.6 Å². The summed E-state index contributed by atoms with van der Waals surface area (Å²) in [6.45, 7) is 1.04. The Balaban J connectivity index is 1.45. The van der Waals surface area contributed by atoms with Gasteiger partial charge in [0.2, 0.25) is 5.89 Å². The van der Waals surface area contributed by atoms with Crippen LogP contribution in [0.4, 0.5) is 0 Å². The van der Waals surface area contributed by atoms with Crippen molar-refractivity contribution in [3.63, 3.8) is 0 Å². The molecule has 6 heteroatoms. The quantitative estimate of drug-likeness (QED) is 0.776. The Morgan fingerprint density at radius 3 is 2.91 bits per heavy atom. The van der Waals surface area contributed by atoms with Crippen molar-refractivity contribution in [1.82, 2.24) is 10.3 Å². The summed E-state index contributed by atoms with van der Waals surface area (Å²) in [7, 11) is 0. The number of carbonyl (C=O) groups is 1. The van der Waals surface area contributed by atoms with E-state index in [9.17, 15) is 9.90 Å². The van der Waals surface area contributed by atoms with E-state index in [1.165, 1.54) is 19.1 Å². The van der Waals surface area contributed by atoms with Gasteiger partial charge in [-0.3, -0.25) is 4.79 Å². The highest BCUT2D eigenvalue weighted by molar-refractivity contribution is 5.92. The van der Waals surface area contributed by atoms with Gasteiger partial charge in [-0.25, -0.2) is 4.98 Å². The molecule has 0 bridgehead atoms. The van der Waals surface area contributed by atoms with E-state index in [0.29, 0.717) is 18.4 Å². The van der Waals surface area contributed by atoms with Gasteiger partial charge in [-0.1, -0.05) is 18.2 Å². The number of nitrogens with one attached hydrogen (secondary N) is 1. The topological polar surface area (TPSA) is 84.6 Å². The van der Waals surface area contributed by atoms with Crippen molar-refractivity contribution in [2.75, 3.05) is 19.8 Å². The third kappa shape index (κ3) is 4.64. The fourth-order valence-corrected chi connectivity index (χ4v) is 2.11. The summed E-state index contributed by atoms with van der Waals surface area (Å²) in [6, 6.07) is 9.35. The van der Waals surface area contributed by atoms with Gasteiger partial charge in [0, 0.05) is 18.7 Å². The molecule has 1 saturated carbocycles. The molecule has 6 nitrogen and oxygen atoms in total. The standard InChI is InChI=1S/C17H20N2O4/c20-14(10-22-9-12-6-7-12)8-18-16(21)15-11-23-17(19-15)13-4-2-1-3-5-13/h1-5,11-12,14,20H,6-10H2,(H,18,21). The normalized spacial score (nSPS) is 15.3. The minimum Gasteiger partial charge on any atom is -0.444 e. The van der Waals surface area contributed by atoms with Crippen LogP contribution in [0, 0.1) is 5.92 Å². The largest absolute Gasteiger partial charge is 0.444 e. The van der Waals surface area contributed by atoms with Gasteiger partial charge in [0.05, 0.1) is 12.7 Å². The lowest BCUT2D eigenvalue weighted by molar-refractivity contribution is 0.0320. The Morgan fingerprint density at radius 2 is 2.17 bits per heavy atom. The number of hydrogen-bond acceptors (Lipinski definition) is 5. The predicted octanol–water partition coefficient (Wildman–Crippen LogP) is 1.86. The SMILES string of the molecule is O=C(NCC(O)COCC1CC1)c1coc(-c2ccccc2)n1. The molecule has 1 amide bonds. The molecule has 23 heavy (non-hydrogen) atoms. The van der Waals surface area contributed by atoms with Crippen LogP contribution in [0.2, 0.25) is 0 Å². The summed E-state index contributed by atoms with van der Waals surface area (Å²) in [5.74, 6) is 0.671. The second kappa shape index (κ2) is 7.39. The van der Waals surface area contributed by atoms with Gasteiger partial charge in [-0.15, -0.1) is 0 Å². The van der Waals surface area contributed by atoms with Crippen LogP contribution >= 0.6 is 0 Å². The number of nitrogens with zero attached hydrogens (tertiary/aromatic N) is 1. The molecule has 2 N–H and O–H groups in total. The fraction of sp³-hybridized carbons (Fsp3) is 0.412. The molecule has 1 unspecified atom stereocenters. The van der Waals surface area contributed by atoms with Crippen LogP contribution < -0.4 is 5.32 Å². The number of amides is 1. The van der Waals surface area contributed by atoms with E-state index in [1.54, 1.807) is 0 Å². The van der Waals surface area contributed by atoms with Crippen molar-refractivity contribution in [3.8, 4) is 11.5 Å². The van der Waals surface area contributed by atoms with Crippen LogP contribution in [-0.2, 0) is 4.74 Å². The number of oxazole rings is 1. The molecule has 1 aliphatic rings. The summed E-state index contributed by atoms with van der Waals surface area (Å²) in [6.07, 6.45) is 3.01. The van der Waals surface area contributed by atoms with Crippen molar-refractivity contribution in [3.05, 3.63) is 42.3 Å². The molecule has 0 radical (unpaired) electrons. The van der Waals surface area contributed by atoms with Crippen molar-refractivity contribution >= 4 is 5.91 Å². The molecule has 1 aromatic heterocycles. The monoisotopic (exact) mass is 316 g/mol. The molecule has 1 aliphatic carbocycles. The Hall–Kier alpha value is -2.18. The van der Waals surface area contributed by atoms with Gasteiger partial charge in [0.1, 0.15) is 6.26 Å². The summed E-state index contributed by atoms with van der Waals surface area (Å²) < 4.78 is 10.7. The maximum absolute atomic E-state index is 12.0. The number of rotatable bonds is 8. The second-order valence-corrected chi connectivity index (χ2v) is 5.75. The first-order valence-corrected chi connectivity index (χ1v) is 7.77. The van der Waals surface area contributed by atoms with E-state index in [-0.39, 0.29) is 24.8 Å². The average Bonchev–Trinajstić information content (AvgIpc) is 3.26. The number of carbonyl (C=O) groups excluding carboxylic acids is 1. The highest BCUT2D eigenvalue weighted by Crippen LogP contribution is 2.28. The number of benzene rings is 1. The summed E-state index contributed by atoms with van der Waals surface area (Å²) in [5, 5.41) is 12.4. The Morgan fingerprint density at radius 1 is 1.39 bits per heavy atom. The van der Waals surface area contributed by atoms with Crippen LogP contribution in [0.15, 0.2) is 41.0 Å². The average molecular weight is 316 g/mol. The van der Waals surface area contributed by atoms with E-state index in [0.717, 1.165) is 5.56 Å². The molecule has 2 aromatic rings. The fourth-order valence-electron chi connectivity index (χ4n) is 2.11. The maximum Gasteiger partial charge on any atom is 0.273 e. The van der Waals surface area contributed by atoms with Gasteiger partial charge in [-0.05, 0) is 30.9 Å². The Labute approximate surface area is 134 Å². The number of aromatic nitrogens is 1. The maximum atomic E-state index is 12.0. The second-order valence-electron chi connectivity index (χ2n) is 5.75. The van der Waals surface area contributed by atoms with E-state index in [2.05, 4.69) is 10.3 Å². The van der Waals surface area contributed by atoms with Crippen LogP contribution in [0.3, 0.4) is 0 Å². The first kappa shape index (κ1) is 15.7. The van der Waals surface area contributed by atoms with Crippen molar-refractivity contribution in [2.24, 2.45) is 5.92 Å². The summed E-state index contributed by atoms with van der Waals surface area (Å²) in [5.41, 5.74) is 0.995. The molecule has 0 spiro atoms.